The van der Waals surface area contributed by atoms with E-state index in [1.165, 1.54) is 0 Å². The van der Waals surface area contributed by atoms with Crippen LogP contribution in [0.1, 0.15) is 12.0 Å². The van der Waals surface area contributed by atoms with Crippen LogP contribution < -0.4 is 10.2 Å². The van der Waals surface area contributed by atoms with E-state index in [0.29, 0.717) is 6.54 Å². The van der Waals surface area contributed by atoms with Gasteiger partial charge in [0.2, 0.25) is 0 Å². The van der Waals surface area contributed by atoms with Crippen molar-refractivity contribution in [1.82, 2.24) is 4.98 Å². The summed E-state index contributed by atoms with van der Waals surface area (Å²) in [5.74, 6) is -1.09. The lowest BCUT2D eigenvalue weighted by Gasteiger charge is -2.30. The number of hydrogen-bond acceptors (Lipinski definition) is 3. The summed E-state index contributed by atoms with van der Waals surface area (Å²) in [5.41, 5.74) is 2.11. The number of nitrogens with zero attached hydrogens (tertiary/aromatic N) is 2. The highest BCUT2D eigenvalue weighted by atomic mass is 19.1. The molecule has 0 radical (unpaired) electrons. The second-order valence-electron chi connectivity index (χ2n) is 4.76. The Morgan fingerprint density at radius 1 is 1.20 bits per heavy atom. The SMILES string of the molecule is CNc1nc(N2CCCc3ccccc32)c(F)cc1F. The van der Waals surface area contributed by atoms with Gasteiger partial charge in [-0.15, -0.1) is 0 Å². The molecule has 1 aliphatic heterocycles. The molecule has 2 heterocycles. The first kappa shape index (κ1) is 12.8. The van der Waals surface area contributed by atoms with E-state index in [0.717, 1.165) is 30.2 Å². The summed E-state index contributed by atoms with van der Waals surface area (Å²) in [4.78, 5) is 5.89. The minimum Gasteiger partial charge on any atom is -0.371 e. The number of aromatic nitrogens is 1. The van der Waals surface area contributed by atoms with Crippen molar-refractivity contribution in [2.24, 2.45) is 0 Å². The lowest BCUT2D eigenvalue weighted by molar-refractivity contribution is 0.572. The van der Waals surface area contributed by atoms with Gasteiger partial charge < -0.3 is 10.2 Å². The van der Waals surface area contributed by atoms with Gasteiger partial charge in [-0.05, 0) is 24.5 Å². The predicted molar refractivity (Wildman–Crippen MR) is 75.5 cm³/mol. The summed E-state index contributed by atoms with van der Waals surface area (Å²) in [6.07, 6.45) is 1.89. The molecule has 0 fully saturated rings. The molecule has 0 amide bonds. The van der Waals surface area contributed by atoms with Crippen LogP contribution in [0.15, 0.2) is 30.3 Å². The molecule has 1 aliphatic rings. The van der Waals surface area contributed by atoms with Crippen LogP contribution in [0.5, 0.6) is 0 Å². The number of para-hydroxylation sites is 1. The molecule has 1 aromatic carbocycles. The molecule has 0 saturated heterocycles. The van der Waals surface area contributed by atoms with Crippen molar-refractivity contribution < 1.29 is 8.78 Å². The molecule has 3 rings (SSSR count). The van der Waals surface area contributed by atoms with E-state index in [9.17, 15) is 8.78 Å². The first-order valence-electron chi connectivity index (χ1n) is 6.60. The van der Waals surface area contributed by atoms with Crippen LogP contribution >= 0.6 is 0 Å². The third kappa shape index (κ3) is 2.09. The van der Waals surface area contributed by atoms with Gasteiger partial charge in [0.25, 0.3) is 0 Å². The van der Waals surface area contributed by atoms with Crippen molar-refractivity contribution >= 4 is 17.3 Å². The minimum absolute atomic E-state index is 0.0597. The van der Waals surface area contributed by atoms with Crippen LogP contribution in [-0.2, 0) is 6.42 Å². The standard InChI is InChI=1S/C15H15F2N3/c1-18-14-11(16)9-12(17)15(19-14)20-8-4-6-10-5-2-3-7-13(10)20/h2-3,5,7,9H,4,6,8H2,1H3,(H,18,19). The zero-order valence-electron chi connectivity index (χ0n) is 11.2. The van der Waals surface area contributed by atoms with E-state index in [2.05, 4.69) is 10.3 Å². The van der Waals surface area contributed by atoms with Crippen molar-refractivity contribution in [1.29, 1.82) is 0 Å². The van der Waals surface area contributed by atoms with E-state index in [1.54, 1.807) is 7.05 Å². The summed E-state index contributed by atoms with van der Waals surface area (Å²) in [6.45, 7) is 0.676. The molecule has 1 aromatic heterocycles. The Morgan fingerprint density at radius 2 is 2.00 bits per heavy atom. The van der Waals surface area contributed by atoms with Gasteiger partial charge in [0.15, 0.2) is 23.3 Å². The molecule has 3 nitrogen and oxygen atoms in total. The minimum atomic E-state index is -0.681. The Hall–Kier alpha value is -2.17. The molecule has 5 heteroatoms. The van der Waals surface area contributed by atoms with Gasteiger partial charge in [0.1, 0.15) is 0 Å². The first-order valence-corrected chi connectivity index (χ1v) is 6.60. The third-order valence-electron chi connectivity index (χ3n) is 3.51. The Bertz CT molecular complexity index is 643. The van der Waals surface area contributed by atoms with E-state index in [4.69, 9.17) is 0 Å². The lowest BCUT2D eigenvalue weighted by atomic mass is 10.0. The van der Waals surface area contributed by atoms with Crippen LogP contribution in [0.25, 0.3) is 0 Å². The number of halogens is 2. The predicted octanol–water partition coefficient (Wildman–Crippen LogP) is 3.49. The average Bonchev–Trinajstić information content (AvgIpc) is 2.47. The fourth-order valence-corrected chi connectivity index (χ4v) is 2.58. The molecule has 1 N–H and O–H groups in total. The van der Waals surface area contributed by atoms with Crippen LogP contribution in [-0.4, -0.2) is 18.6 Å². The average molecular weight is 275 g/mol. The summed E-state index contributed by atoms with van der Waals surface area (Å²) >= 11 is 0. The molecule has 0 bridgehead atoms. The molecular weight excluding hydrogens is 260 g/mol. The summed E-state index contributed by atoms with van der Waals surface area (Å²) in [6, 6.07) is 8.73. The molecular formula is C15H15F2N3. The number of aryl methyl sites for hydroxylation is 1. The molecule has 0 aliphatic carbocycles. The van der Waals surface area contributed by atoms with Gasteiger partial charge in [0.05, 0.1) is 0 Å². The second-order valence-corrected chi connectivity index (χ2v) is 4.76. The highest BCUT2D eigenvalue weighted by Crippen LogP contribution is 2.34. The molecule has 0 unspecified atom stereocenters. The molecule has 20 heavy (non-hydrogen) atoms. The topological polar surface area (TPSA) is 28.2 Å². The highest BCUT2D eigenvalue weighted by Gasteiger charge is 2.23. The van der Waals surface area contributed by atoms with Crippen molar-refractivity contribution in [3.8, 4) is 0 Å². The molecule has 104 valence electrons. The maximum atomic E-state index is 14.1. The van der Waals surface area contributed by atoms with Crippen molar-refractivity contribution in [3.05, 3.63) is 47.5 Å². The molecule has 2 aromatic rings. The maximum absolute atomic E-state index is 14.1. The van der Waals surface area contributed by atoms with E-state index < -0.39 is 11.6 Å². The molecule has 0 spiro atoms. The number of rotatable bonds is 2. The quantitative estimate of drug-likeness (QED) is 0.909. The Kier molecular flexibility index (Phi) is 3.26. The van der Waals surface area contributed by atoms with Crippen LogP contribution in [0, 0.1) is 11.6 Å². The van der Waals surface area contributed by atoms with Gasteiger partial charge >= 0.3 is 0 Å². The summed E-state index contributed by atoms with van der Waals surface area (Å²) < 4.78 is 27.6. The molecule has 0 saturated carbocycles. The van der Waals surface area contributed by atoms with Gasteiger partial charge in [-0.1, -0.05) is 18.2 Å². The lowest BCUT2D eigenvalue weighted by Crippen LogP contribution is -2.26. The third-order valence-corrected chi connectivity index (χ3v) is 3.51. The fraction of sp³-hybridized carbons (Fsp3) is 0.267. The van der Waals surface area contributed by atoms with E-state index in [-0.39, 0.29) is 11.6 Å². The number of fused-ring (bicyclic) bond motifs is 1. The van der Waals surface area contributed by atoms with Crippen molar-refractivity contribution in [2.75, 3.05) is 23.8 Å². The van der Waals surface area contributed by atoms with Gasteiger partial charge in [-0.2, -0.15) is 0 Å². The van der Waals surface area contributed by atoms with Crippen LogP contribution in [0.4, 0.5) is 26.1 Å². The van der Waals surface area contributed by atoms with Crippen LogP contribution in [0.3, 0.4) is 0 Å². The number of benzene rings is 1. The largest absolute Gasteiger partial charge is 0.371 e. The van der Waals surface area contributed by atoms with Crippen molar-refractivity contribution in [2.45, 2.75) is 12.8 Å². The maximum Gasteiger partial charge on any atom is 0.171 e. The van der Waals surface area contributed by atoms with Gasteiger partial charge in [-0.25, -0.2) is 13.8 Å². The summed E-state index contributed by atoms with van der Waals surface area (Å²) in [5, 5.41) is 2.65. The Labute approximate surface area is 116 Å². The number of pyridine rings is 1. The second kappa shape index (κ2) is 5.07. The van der Waals surface area contributed by atoms with E-state index >= 15 is 0 Å². The monoisotopic (exact) mass is 275 g/mol. The number of hydrogen-bond donors (Lipinski definition) is 1. The fourth-order valence-electron chi connectivity index (χ4n) is 2.58. The van der Waals surface area contributed by atoms with E-state index in [1.807, 2.05) is 29.2 Å². The normalized spacial score (nSPS) is 14.1. The van der Waals surface area contributed by atoms with Gasteiger partial charge in [-0.3, -0.25) is 0 Å². The Balaban J connectivity index is 2.11. The van der Waals surface area contributed by atoms with Crippen LogP contribution in [0.2, 0.25) is 0 Å². The van der Waals surface area contributed by atoms with Gasteiger partial charge in [0, 0.05) is 25.3 Å². The highest BCUT2D eigenvalue weighted by molar-refractivity contribution is 5.66. The zero-order chi connectivity index (χ0) is 14.1. The zero-order valence-corrected chi connectivity index (χ0v) is 11.2. The smallest absolute Gasteiger partial charge is 0.171 e. The summed E-state index contributed by atoms with van der Waals surface area (Å²) in [7, 11) is 1.57. The van der Waals surface area contributed by atoms with Crippen molar-refractivity contribution in [3.63, 3.8) is 0 Å². The number of anilines is 3. The molecule has 0 atom stereocenters. The number of nitrogens with one attached hydrogen (secondary N) is 1. The first-order chi connectivity index (χ1) is 9.70. The Morgan fingerprint density at radius 3 is 2.80 bits per heavy atom.